The van der Waals surface area contributed by atoms with E-state index in [1.54, 1.807) is 25.1 Å². The van der Waals surface area contributed by atoms with Crippen LogP contribution in [0.25, 0.3) is 5.69 Å². The van der Waals surface area contributed by atoms with E-state index in [1.165, 1.54) is 4.68 Å². The van der Waals surface area contributed by atoms with E-state index >= 15 is 0 Å². The van der Waals surface area contributed by atoms with Gasteiger partial charge in [0.25, 0.3) is 5.91 Å². The van der Waals surface area contributed by atoms with Crippen molar-refractivity contribution in [3.63, 3.8) is 0 Å². The molecule has 1 heterocycles. The van der Waals surface area contributed by atoms with Gasteiger partial charge >= 0.3 is 0 Å². The average Bonchev–Trinajstić information content (AvgIpc) is 2.94. The van der Waals surface area contributed by atoms with Gasteiger partial charge in [-0.1, -0.05) is 43.1 Å². The first-order chi connectivity index (χ1) is 11.4. The Kier molecular flexibility index (Phi) is 5.85. The fourth-order valence-electron chi connectivity index (χ4n) is 2.45. The molecule has 1 aromatic heterocycles. The minimum Gasteiger partial charge on any atom is -0.343 e. The van der Waals surface area contributed by atoms with E-state index in [9.17, 15) is 4.79 Å². The number of rotatable bonds is 6. The smallest absolute Gasteiger partial charge is 0.291 e. The molecule has 0 unspecified atom stereocenters. The van der Waals surface area contributed by atoms with Crippen molar-refractivity contribution in [2.24, 2.45) is 5.73 Å². The summed E-state index contributed by atoms with van der Waals surface area (Å²) in [5.74, 6) is 0.207. The summed E-state index contributed by atoms with van der Waals surface area (Å²) in [4.78, 5) is 16.8. The van der Waals surface area contributed by atoms with E-state index in [2.05, 4.69) is 15.4 Å². The molecule has 6 nitrogen and oxygen atoms in total. The number of halogens is 2. The third kappa shape index (κ3) is 3.55. The number of aromatic nitrogens is 3. The highest BCUT2D eigenvalue weighted by Crippen LogP contribution is 2.28. The first-order valence-corrected chi connectivity index (χ1v) is 8.53. The van der Waals surface area contributed by atoms with Crippen LogP contribution in [0.3, 0.4) is 0 Å². The molecule has 2 rings (SSSR count). The van der Waals surface area contributed by atoms with Crippen molar-refractivity contribution in [2.45, 2.75) is 39.2 Å². The Labute approximate surface area is 151 Å². The van der Waals surface area contributed by atoms with Gasteiger partial charge in [0.05, 0.1) is 15.6 Å². The molecule has 0 aliphatic carbocycles. The van der Waals surface area contributed by atoms with Crippen molar-refractivity contribution in [3.8, 4) is 5.69 Å². The van der Waals surface area contributed by atoms with Crippen LogP contribution >= 0.6 is 23.2 Å². The zero-order chi connectivity index (χ0) is 17.9. The van der Waals surface area contributed by atoms with Crippen LogP contribution in [-0.2, 0) is 0 Å². The lowest BCUT2D eigenvalue weighted by Gasteiger charge is -2.30. The molecule has 24 heavy (non-hydrogen) atoms. The van der Waals surface area contributed by atoms with Crippen molar-refractivity contribution < 1.29 is 4.79 Å². The molecular weight excluding hydrogens is 349 g/mol. The number of benzene rings is 1. The SMILES string of the molecule is CCC(CC)(CN)NC(=O)c1nc(C)n(-c2c(Cl)cccc2Cl)n1. The van der Waals surface area contributed by atoms with Gasteiger partial charge in [0, 0.05) is 6.54 Å². The summed E-state index contributed by atoms with van der Waals surface area (Å²) in [5.41, 5.74) is 5.87. The third-order valence-electron chi connectivity index (χ3n) is 4.24. The summed E-state index contributed by atoms with van der Waals surface area (Å²) < 4.78 is 1.47. The van der Waals surface area contributed by atoms with Gasteiger partial charge in [0.2, 0.25) is 5.82 Å². The topological polar surface area (TPSA) is 85.8 Å². The Morgan fingerprint density at radius 2 is 1.88 bits per heavy atom. The minimum absolute atomic E-state index is 0.0585. The first-order valence-electron chi connectivity index (χ1n) is 7.78. The van der Waals surface area contributed by atoms with Crippen LogP contribution in [0, 0.1) is 6.92 Å². The van der Waals surface area contributed by atoms with Crippen LogP contribution in [-0.4, -0.2) is 32.8 Å². The van der Waals surface area contributed by atoms with Crippen molar-refractivity contribution >= 4 is 29.1 Å². The Morgan fingerprint density at radius 1 is 1.29 bits per heavy atom. The number of aryl methyl sites for hydroxylation is 1. The Bertz CT molecular complexity index is 712. The summed E-state index contributed by atoms with van der Waals surface area (Å²) in [6.07, 6.45) is 1.45. The standard InChI is InChI=1S/C16H21Cl2N5O/c1-4-16(5-2,9-19)21-15(24)14-20-10(3)23(22-14)13-11(17)7-6-8-12(13)18/h6-8H,4-5,9,19H2,1-3H3,(H,21,24). The highest BCUT2D eigenvalue weighted by molar-refractivity contribution is 6.37. The maximum Gasteiger partial charge on any atom is 0.291 e. The second-order valence-corrected chi connectivity index (χ2v) is 6.42. The fraction of sp³-hybridized carbons (Fsp3) is 0.438. The molecule has 1 amide bonds. The van der Waals surface area contributed by atoms with Crippen LogP contribution in [0.4, 0.5) is 0 Å². The number of nitrogens with zero attached hydrogens (tertiary/aromatic N) is 3. The van der Waals surface area contributed by atoms with Crippen LogP contribution in [0.1, 0.15) is 43.1 Å². The number of carbonyl (C=O) groups excluding carboxylic acids is 1. The minimum atomic E-state index is -0.460. The molecule has 3 N–H and O–H groups in total. The molecule has 0 saturated heterocycles. The van der Waals surface area contributed by atoms with E-state index in [0.29, 0.717) is 28.1 Å². The molecule has 0 saturated carbocycles. The molecular formula is C16H21Cl2N5O. The van der Waals surface area contributed by atoms with Gasteiger partial charge in [0.1, 0.15) is 11.5 Å². The highest BCUT2D eigenvalue weighted by Gasteiger charge is 2.29. The molecule has 0 fully saturated rings. The number of hydrogen-bond donors (Lipinski definition) is 2. The zero-order valence-corrected chi connectivity index (χ0v) is 15.4. The second kappa shape index (κ2) is 7.51. The lowest BCUT2D eigenvalue weighted by Crippen LogP contribution is -2.53. The molecule has 0 bridgehead atoms. The summed E-state index contributed by atoms with van der Waals surface area (Å²) in [7, 11) is 0. The zero-order valence-electron chi connectivity index (χ0n) is 13.9. The van der Waals surface area contributed by atoms with Crippen molar-refractivity contribution in [1.29, 1.82) is 0 Å². The van der Waals surface area contributed by atoms with E-state index in [4.69, 9.17) is 28.9 Å². The monoisotopic (exact) mass is 369 g/mol. The maximum absolute atomic E-state index is 12.5. The quantitative estimate of drug-likeness (QED) is 0.818. The lowest BCUT2D eigenvalue weighted by molar-refractivity contribution is 0.0884. The van der Waals surface area contributed by atoms with Crippen molar-refractivity contribution in [2.75, 3.05) is 6.54 Å². The molecule has 130 valence electrons. The van der Waals surface area contributed by atoms with E-state index < -0.39 is 5.54 Å². The third-order valence-corrected chi connectivity index (χ3v) is 4.85. The fourth-order valence-corrected chi connectivity index (χ4v) is 3.01. The molecule has 0 aliphatic heterocycles. The molecule has 0 spiro atoms. The second-order valence-electron chi connectivity index (χ2n) is 5.61. The number of hydrogen-bond acceptors (Lipinski definition) is 4. The molecule has 0 atom stereocenters. The molecule has 8 heteroatoms. The summed E-state index contributed by atoms with van der Waals surface area (Å²) in [6.45, 7) is 6.05. The number of nitrogens with two attached hydrogens (primary N) is 1. The van der Waals surface area contributed by atoms with Gasteiger partial charge < -0.3 is 11.1 Å². The normalized spacial score (nSPS) is 11.6. The van der Waals surface area contributed by atoms with Crippen LogP contribution in [0.2, 0.25) is 10.0 Å². The molecule has 0 radical (unpaired) electrons. The van der Waals surface area contributed by atoms with Gasteiger partial charge in [-0.2, -0.15) is 0 Å². The van der Waals surface area contributed by atoms with Crippen molar-refractivity contribution in [3.05, 3.63) is 39.9 Å². The van der Waals surface area contributed by atoms with Gasteiger partial charge in [0.15, 0.2) is 0 Å². The first kappa shape index (κ1) is 18.7. The number of amides is 1. The van der Waals surface area contributed by atoms with Crippen LogP contribution < -0.4 is 11.1 Å². The molecule has 1 aromatic carbocycles. The lowest BCUT2D eigenvalue weighted by atomic mass is 9.93. The number of para-hydroxylation sites is 1. The van der Waals surface area contributed by atoms with Crippen LogP contribution in [0.15, 0.2) is 18.2 Å². The highest BCUT2D eigenvalue weighted by atomic mass is 35.5. The summed E-state index contributed by atoms with van der Waals surface area (Å²) >= 11 is 12.4. The maximum atomic E-state index is 12.5. The largest absolute Gasteiger partial charge is 0.343 e. The van der Waals surface area contributed by atoms with Gasteiger partial charge in [-0.3, -0.25) is 4.79 Å². The molecule has 0 aliphatic rings. The van der Waals surface area contributed by atoms with Crippen LogP contribution in [0.5, 0.6) is 0 Å². The summed E-state index contributed by atoms with van der Waals surface area (Å²) in [6, 6.07) is 5.15. The predicted molar refractivity (Wildman–Crippen MR) is 95.9 cm³/mol. The van der Waals surface area contributed by atoms with Gasteiger partial charge in [-0.25, -0.2) is 9.67 Å². The van der Waals surface area contributed by atoms with E-state index in [1.807, 2.05) is 13.8 Å². The molecule has 2 aromatic rings. The average molecular weight is 370 g/mol. The number of nitrogens with one attached hydrogen (secondary N) is 1. The van der Waals surface area contributed by atoms with Gasteiger partial charge in [-0.15, -0.1) is 5.10 Å². The Morgan fingerprint density at radius 3 is 2.38 bits per heavy atom. The Hall–Kier alpha value is -1.63. The van der Waals surface area contributed by atoms with Gasteiger partial charge in [-0.05, 0) is 31.9 Å². The Balaban J connectivity index is 2.37. The number of carbonyl (C=O) groups is 1. The summed E-state index contributed by atoms with van der Waals surface area (Å²) in [5, 5.41) is 8.08. The van der Waals surface area contributed by atoms with Crippen molar-refractivity contribution in [1.82, 2.24) is 20.1 Å². The van der Waals surface area contributed by atoms with E-state index in [0.717, 1.165) is 12.8 Å². The van der Waals surface area contributed by atoms with E-state index in [-0.39, 0.29) is 11.7 Å². The predicted octanol–water partition coefficient (Wildman–Crippen LogP) is 3.13.